The van der Waals surface area contributed by atoms with Gasteiger partial charge in [-0.25, -0.2) is 14.0 Å². The van der Waals surface area contributed by atoms with Crippen molar-refractivity contribution >= 4 is 23.6 Å². The predicted molar refractivity (Wildman–Crippen MR) is 77.7 cm³/mol. The highest BCUT2D eigenvalue weighted by Crippen LogP contribution is 2.14. The fourth-order valence-electron chi connectivity index (χ4n) is 1.76. The van der Waals surface area contributed by atoms with E-state index in [1.54, 1.807) is 0 Å². The van der Waals surface area contributed by atoms with Crippen LogP contribution in [0, 0.1) is 11.7 Å². The van der Waals surface area contributed by atoms with E-state index in [0.717, 1.165) is 0 Å². The lowest BCUT2D eigenvalue weighted by Gasteiger charge is -2.17. The SMILES string of the molecule is CC(C)CC(NC(=O)NCc1cc(Cl)ccc1F)C(=O)O. The molecule has 0 heterocycles. The molecular formula is C14H18ClFN2O3. The molecule has 0 aliphatic heterocycles. The minimum atomic E-state index is -1.10. The number of hydrogen-bond acceptors (Lipinski definition) is 2. The van der Waals surface area contributed by atoms with Crippen LogP contribution in [0.1, 0.15) is 25.8 Å². The Hall–Kier alpha value is -1.82. The number of carboxylic acid groups (broad SMARTS) is 1. The number of aliphatic carboxylic acids is 1. The van der Waals surface area contributed by atoms with Crippen LogP contribution < -0.4 is 10.6 Å². The molecule has 3 N–H and O–H groups in total. The zero-order valence-corrected chi connectivity index (χ0v) is 12.6. The molecule has 0 radical (unpaired) electrons. The molecule has 0 fully saturated rings. The Morgan fingerprint density at radius 3 is 2.62 bits per heavy atom. The number of benzene rings is 1. The molecule has 0 aliphatic carbocycles. The van der Waals surface area contributed by atoms with E-state index in [4.69, 9.17) is 16.7 Å². The van der Waals surface area contributed by atoms with Crippen LogP contribution in [0.3, 0.4) is 0 Å². The Kier molecular flexibility index (Phi) is 6.42. The topological polar surface area (TPSA) is 78.4 Å². The van der Waals surface area contributed by atoms with Gasteiger partial charge in [-0.2, -0.15) is 0 Å². The molecule has 21 heavy (non-hydrogen) atoms. The van der Waals surface area contributed by atoms with Gasteiger partial charge in [0.05, 0.1) is 0 Å². The molecule has 0 saturated carbocycles. The average molecular weight is 317 g/mol. The van der Waals surface area contributed by atoms with Crippen LogP contribution in [0.2, 0.25) is 5.02 Å². The smallest absolute Gasteiger partial charge is 0.326 e. The van der Waals surface area contributed by atoms with Crippen molar-refractivity contribution in [3.8, 4) is 0 Å². The number of amides is 2. The molecule has 1 aromatic rings. The van der Waals surface area contributed by atoms with Crippen LogP contribution in [-0.2, 0) is 11.3 Å². The van der Waals surface area contributed by atoms with Gasteiger partial charge in [-0.05, 0) is 30.5 Å². The zero-order chi connectivity index (χ0) is 16.0. The minimum Gasteiger partial charge on any atom is -0.480 e. The Balaban J connectivity index is 2.56. The third kappa shape index (κ3) is 5.99. The van der Waals surface area contributed by atoms with Crippen LogP contribution in [0.15, 0.2) is 18.2 Å². The van der Waals surface area contributed by atoms with E-state index >= 15 is 0 Å². The third-order valence-corrected chi connectivity index (χ3v) is 2.99. The van der Waals surface area contributed by atoms with Gasteiger partial charge < -0.3 is 15.7 Å². The minimum absolute atomic E-state index is 0.0771. The number of rotatable bonds is 6. The van der Waals surface area contributed by atoms with Crippen molar-refractivity contribution in [3.05, 3.63) is 34.6 Å². The molecule has 1 atom stereocenters. The van der Waals surface area contributed by atoms with Gasteiger partial charge >= 0.3 is 12.0 Å². The third-order valence-electron chi connectivity index (χ3n) is 2.76. The van der Waals surface area contributed by atoms with E-state index in [2.05, 4.69) is 10.6 Å². The maximum Gasteiger partial charge on any atom is 0.326 e. The Labute approximate surface area is 127 Å². The van der Waals surface area contributed by atoms with Gasteiger partial charge in [0.25, 0.3) is 0 Å². The van der Waals surface area contributed by atoms with E-state index < -0.39 is 23.9 Å². The van der Waals surface area contributed by atoms with Crippen LogP contribution in [-0.4, -0.2) is 23.1 Å². The van der Waals surface area contributed by atoms with Crippen molar-refractivity contribution in [3.63, 3.8) is 0 Å². The second kappa shape index (κ2) is 7.83. The summed E-state index contributed by atoms with van der Waals surface area (Å²) in [7, 11) is 0. The average Bonchev–Trinajstić information content (AvgIpc) is 2.38. The highest BCUT2D eigenvalue weighted by molar-refractivity contribution is 6.30. The van der Waals surface area contributed by atoms with Crippen molar-refractivity contribution in [2.24, 2.45) is 5.92 Å². The predicted octanol–water partition coefficient (Wildman–Crippen LogP) is 2.78. The molecule has 2 amide bonds. The van der Waals surface area contributed by atoms with E-state index in [-0.39, 0.29) is 18.0 Å². The lowest BCUT2D eigenvalue weighted by Crippen LogP contribution is -2.46. The summed E-state index contributed by atoms with van der Waals surface area (Å²) in [5.74, 6) is -1.47. The number of halogens is 2. The molecule has 7 heteroatoms. The summed E-state index contributed by atoms with van der Waals surface area (Å²) in [6.45, 7) is 3.64. The van der Waals surface area contributed by atoms with Crippen LogP contribution in [0.4, 0.5) is 9.18 Å². The first-order chi connectivity index (χ1) is 9.79. The van der Waals surface area contributed by atoms with Gasteiger partial charge in [0, 0.05) is 17.1 Å². The lowest BCUT2D eigenvalue weighted by atomic mass is 10.0. The van der Waals surface area contributed by atoms with Gasteiger partial charge in [0.15, 0.2) is 0 Å². The van der Waals surface area contributed by atoms with Crippen LogP contribution in [0.5, 0.6) is 0 Å². The Morgan fingerprint density at radius 1 is 1.38 bits per heavy atom. The molecule has 0 saturated heterocycles. The van der Waals surface area contributed by atoms with Gasteiger partial charge in [0.1, 0.15) is 11.9 Å². The Morgan fingerprint density at radius 2 is 2.05 bits per heavy atom. The van der Waals surface area contributed by atoms with Crippen LogP contribution >= 0.6 is 11.6 Å². The molecule has 5 nitrogen and oxygen atoms in total. The van der Waals surface area contributed by atoms with Crippen molar-refractivity contribution < 1.29 is 19.1 Å². The molecule has 1 unspecified atom stereocenters. The fraction of sp³-hybridized carbons (Fsp3) is 0.429. The summed E-state index contributed by atoms with van der Waals surface area (Å²) in [4.78, 5) is 22.7. The standard InChI is InChI=1S/C14H18ClFN2O3/c1-8(2)5-12(13(19)20)18-14(21)17-7-9-6-10(15)3-4-11(9)16/h3-4,6,8,12H,5,7H2,1-2H3,(H,19,20)(H2,17,18,21). The molecule has 1 aromatic carbocycles. The largest absolute Gasteiger partial charge is 0.480 e. The number of nitrogens with one attached hydrogen (secondary N) is 2. The molecule has 116 valence electrons. The first kappa shape index (κ1) is 17.2. The molecule has 0 aromatic heterocycles. The number of carboxylic acids is 1. The second-order valence-corrected chi connectivity index (χ2v) is 5.52. The normalized spacial score (nSPS) is 12.0. The van der Waals surface area contributed by atoms with Crippen molar-refractivity contribution in [1.29, 1.82) is 0 Å². The lowest BCUT2D eigenvalue weighted by molar-refractivity contribution is -0.139. The molecule has 0 bridgehead atoms. The first-order valence-electron chi connectivity index (χ1n) is 6.50. The quantitative estimate of drug-likeness (QED) is 0.755. The van der Waals surface area contributed by atoms with Gasteiger partial charge in [-0.1, -0.05) is 25.4 Å². The van der Waals surface area contributed by atoms with Crippen LogP contribution in [0.25, 0.3) is 0 Å². The zero-order valence-electron chi connectivity index (χ0n) is 11.8. The summed E-state index contributed by atoms with van der Waals surface area (Å²) >= 11 is 5.74. The van der Waals surface area contributed by atoms with E-state index in [1.165, 1.54) is 18.2 Å². The van der Waals surface area contributed by atoms with Crippen molar-refractivity contribution in [2.75, 3.05) is 0 Å². The number of urea groups is 1. The summed E-state index contributed by atoms with van der Waals surface area (Å²) in [6.07, 6.45) is 0.314. The van der Waals surface area contributed by atoms with E-state index in [0.29, 0.717) is 11.4 Å². The van der Waals surface area contributed by atoms with Crippen molar-refractivity contribution in [2.45, 2.75) is 32.9 Å². The number of carbonyl (C=O) groups is 2. The highest BCUT2D eigenvalue weighted by atomic mass is 35.5. The van der Waals surface area contributed by atoms with E-state index in [1.807, 2.05) is 13.8 Å². The maximum absolute atomic E-state index is 13.5. The van der Waals surface area contributed by atoms with Gasteiger partial charge in [-0.15, -0.1) is 0 Å². The second-order valence-electron chi connectivity index (χ2n) is 5.08. The monoisotopic (exact) mass is 316 g/mol. The summed E-state index contributed by atoms with van der Waals surface area (Å²) in [6, 6.07) is 2.37. The Bertz CT molecular complexity index is 523. The molecular weight excluding hydrogens is 299 g/mol. The number of carbonyl (C=O) groups excluding carboxylic acids is 1. The molecule has 0 spiro atoms. The highest BCUT2D eigenvalue weighted by Gasteiger charge is 2.20. The molecule has 0 aliphatic rings. The van der Waals surface area contributed by atoms with Gasteiger partial charge in [0.2, 0.25) is 0 Å². The van der Waals surface area contributed by atoms with Gasteiger partial charge in [-0.3, -0.25) is 0 Å². The summed E-state index contributed by atoms with van der Waals surface area (Å²) in [5, 5.41) is 14.1. The molecule has 1 rings (SSSR count). The van der Waals surface area contributed by atoms with E-state index in [9.17, 15) is 14.0 Å². The first-order valence-corrected chi connectivity index (χ1v) is 6.88. The van der Waals surface area contributed by atoms with Crippen molar-refractivity contribution in [1.82, 2.24) is 10.6 Å². The number of hydrogen-bond donors (Lipinski definition) is 3. The summed E-state index contributed by atoms with van der Waals surface area (Å²) in [5.41, 5.74) is 0.230. The maximum atomic E-state index is 13.5. The summed E-state index contributed by atoms with van der Waals surface area (Å²) < 4.78 is 13.5. The fourth-order valence-corrected chi connectivity index (χ4v) is 1.95.